The van der Waals surface area contributed by atoms with Gasteiger partial charge in [0.15, 0.2) is 9.84 Å². The van der Waals surface area contributed by atoms with Gasteiger partial charge in [-0.1, -0.05) is 42.1 Å². The van der Waals surface area contributed by atoms with Crippen molar-refractivity contribution >= 4 is 21.6 Å². The largest absolute Gasteiger partial charge is 0.228 e. The molecule has 0 saturated heterocycles. The summed E-state index contributed by atoms with van der Waals surface area (Å²) in [5.74, 6) is 0.158. The van der Waals surface area contributed by atoms with Gasteiger partial charge in [-0.05, 0) is 18.6 Å². The fourth-order valence-corrected chi connectivity index (χ4v) is 4.90. The van der Waals surface area contributed by atoms with Crippen molar-refractivity contribution in [3.05, 3.63) is 54.0 Å². The quantitative estimate of drug-likeness (QED) is 0.786. The Bertz CT molecular complexity index is 530. The number of allylic oxidation sites excluding steroid dienone is 1. The highest BCUT2D eigenvalue weighted by atomic mass is 32.2. The Morgan fingerprint density at radius 1 is 1.35 bits per heavy atom. The molecular weight excluding hydrogens is 252 g/mol. The first-order chi connectivity index (χ1) is 8.12. The van der Waals surface area contributed by atoms with Crippen LogP contribution in [0.3, 0.4) is 0 Å². The number of hydrogen-bond acceptors (Lipinski definition) is 3. The highest BCUT2D eigenvalue weighted by Gasteiger charge is 2.30. The zero-order valence-corrected chi connectivity index (χ0v) is 11.0. The van der Waals surface area contributed by atoms with Crippen LogP contribution in [0, 0.1) is 0 Å². The third-order valence-corrected chi connectivity index (χ3v) is 5.77. The summed E-state index contributed by atoms with van der Waals surface area (Å²) in [7, 11) is -3.00. The Labute approximate surface area is 106 Å². The molecule has 1 aromatic carbocycles. The molecule has 0 radical (unpaired) electrons. The highest BCUT2D eigenvalue weighted by molar-refractivity contribution is 8.05. The lowest BCUT2D eigenvalue weighted by Crippen LogP contribution is -2.15. The van der Waals surface area contributed by atoms with E-state index >= 15 is 0 Å². The Kier molecular flexibility index (Phi) is 3.74. The molecule has 1 aromatic rings. The minimum atomic E-state index is -3.00. The predicted molar refractivity (Wildman–Crippen MR) is 72.8 cm³/mol. The van der Waals surface area contributed by atoms with E-state index < -0.39 is 9.84 Å². The Morgan fingerprint density at radius 3 is 2.71 bits per heavy atom. The van der Waals surface area contributed by atoms with E-state index in [2.05, 4.69) is 6.58 Å². The van der Waals surface area contributed by atoms with Crippen LogP contribution in [-0.2, 0) is 9.84 Å². The van der Waals surface area contributed by atoms with Crippen LogP contribution in [0.15, 0.2) is 58.9 Å². The van der Waals surface area contributed by atoms with Crippen molar-refractivity contribution in [2.24, 2.45) is 0 Å². The summed E-state index contributed by atoms with van der Waals surface area (Å²) in [4.78, 5) is 2.00. The molecular formula is C13H14O2S2. The van der Waals surface area contributed by atoms with Crippen LogP contribution in [0.5, 0.6) is 0 Å². The van der Waals surface area contributed by atoms with Crippen molar-refractivity contribution in [1.82, 2.24) is 0 Å². The molecule has 1 aliphatic heterocycles. The van der Waals surface area contributed by atoms with Crippen molar-refractivity contribution in [2.45, 2.75) is 16.6 Å². The average molecular weight is 266 g/mol. The second-order valence-corrected chi connectivity index (χ2v) is 7.34. The summed E-state index contributed by atoms with van der Waals surface area (Å²) < 4.78 is 23.7. The van der Waals surface area contributed by atoms with E-state index in [0.29, 0.717) is 6.42 Å². The smallest absolute Gasteiger partial charge is 0.161 e. The normalized spacial score (nSPS) is 22.1. The lowest BCUT2D eigenvalue weighted by atomic mass is 10.3. The third-order valence-electron chi connectivity index (χ3n) is 2.57. The fourth-order valence-electron chi connectivity index (χ4n) is 1.75. The summed E-state index contributed by atoms with van der Waals surface area (Å²) in [5.41, 5.74) is 0. The molecule has 1 heterocycles. The monoisotopic (exact) mass is 266 g/mol. The molecule has 4 heteroatoms. The van der Waals surface area contributed by atoms with E-state index in [1.54, 1.807) is 6.08 Å². The molecule has 1 atom stereocenters. The molecule has 2 rings (SSSR count). The van der Waals surface area contributed by atoms with Gasteiger partial charge in [-0.2, -0.15) is 0 Å². The van der Waals surface area contributed by atoms with Crippen LogP contribution in [0.2, 0.25) is 0 Å². The molecule has 0 spiro atoms. The van der Waals surface area contributed by atoms with E-state index in [1.807, 2.05) is 36.4 Å². The van der Waals surface area contributed by atoms with Crippen LogP contribution < -0.4 is 0 Å². The van der Waals surface area contributed by atoms with Gasteiger partial charge in [0, 0.05) is 9.80 Å². The molecule has 0 amide bonds. The standard InChI is InChI=1S/C13H14O2S2/c1-2-6-13-9-12(10-17(13,14)15)16-11-7-4-3-5-8-11/h2-5,7-9,13H,1,6,10H2. The van der Waals surface area contributed by atoms with Crippen LogP contribution in [-0.4, -0.2) is 19.4 Å². The van der Waals surface area contributed by atoms with Crippen LogP contribution in [0.4, 0.5) is 0 Å². The van der Waals surface area contributed by atoms with Crippen molar-refractivity contribution in [2.75, 3.05) is 5.75 Å². The van der Waals surface area contributed by atoms with E-state index in [9.17, 15) is 8.42 Å². The molecule has 1 aliphatic rings. The van der Waals surface area contributed by atoms with Gasteiger partial charge >= 0.3 is 0 Å². The topological polar surface area (TPSA) is 34.1 Å². The molecule has 90 valence electrons. The molecule has 0 aliphatic carbocycles. The van der Waals surface area contributed by atoms with Crippen LogP contribution in [0.25, 0.3) is 0 Å². The summed E-state index contributed by atoms with van der Waals surface area (Å²) in [6, 6.07) is 9.82. The molecule has 17 heavy (non-hydrogen) atoms. The number of hydrogen-bond donors (Lipinski definition) is 0. The molecule has 0 fully saturated rings. The lowest BCUT2D eigenvalue weighted by Gasteiger charge is -2.02. The van der Waals surface area contributed by atoms with Gasteiger partial charge in [0.25, 0.3) is 0 Å². The zero-order valence-electron chi connectivity index (χ0n) is 9.37. The van der Waals surface area contributed by atoms with E-state index in [-0.39, 0.29) is 11.0 Å². The van der Waals surface area contributed by atoms with Crippen LogP contribution in [0.1, 0.15) is 6.42 Å². The van der Waals surface area contributed by atoms with Crippen molar-refractivity contribution in [3.8, 4) is 0 Å². The first-order valence-electron chi connectivity index (χ1n) is 5.38. The fraction of sp³-hybridized carbons (Fsp3) is 0.231. The second-order valence-electron chi connectivity index (χ2n) is 3.92. The van der Waals surface area contributed by atoms with E-state index in [1.165, 1.54) is 11.8 Å². The van der Waals surface area contributed by atoms with E-state index in [0.717, 1.165) is 9.80 Å². The van der Waals surface area contributed by atoms with Gasteiger partial charge in [0.1, 0.15) is 0 Å². The molecule has 0 N–H and O–H groups in total. The second kappa shape index (κ2) is 5.10. The maximum Gasteiger partial charge on any atom is 0.161 e. The molecule has 1 unspecified atom stereocenters. The minimum absolute atomic E-state index is 0.158. The molecule has 0 aromatic heterocycles. The first kappa shape index (κ1) is 12.5. The summed E-state index contributed by atoms with van der Waals surface area (Å²) in [6.45, 7) is 3.60. The van der Waals surface area contributed by atoms with Gasteiger partial charge in [-0.25, -0.2) is 8.42 Å². The predicted octanol–water partition coefficient (Wildman–Crippen LogP) is 3.04. The molecule has 0 saturated carbocycles. The van der Waals surface area contributed by atoms with Crippen molar-refractivity contribution in [1.29, 1.82) is 0 Å². The average Bonchev–Trinajstić information content (AvgIpc) is 2.55. The Hall–Kier alpha value is -1.00. The third kappa shape index (κ3) is 3.01. The highest BCUT2D eigenvalue weighted by Crippen LogP contribution is 2.34. The Morgan fingerprint density at radius 2 is 2.06 bits per heavy atom. The van der Waals surface area contributed by atoms with Crippen molar-refractivity contribution < 1.29 is 8.42 Å². The van der Waals surface area contributed by atoms with Gasteiger partial charge in [0.05, 0.1) is 11.0 Å². The summed E-state index contributed by atoms with van der Waals surface area (Å²) in [5, 5.41) is -0.383. The SMILES string of the molecule is C=CCC1C=C(Sc2ccccc2)CS1(=O)=O. The number of thioether (sulfide) groups is 1. The summed E-state index contributed by atoms with van der Waals surface area (Å²) >= 11 is 1.53. The number of benzene rings is 1. The van der Waals surface area contributed by atoms with Crippen molar-refractivity contribution in [3.63, 3.8) is 0 Å². The van der Waals surface area contributed by atoms with Crippen LogP contribution >= 0.6 is 11.8 Å². The maximum atomic E-state index is 11.8. The minimum Gasteiger partial charge on any atom is -0.228 e. The molecule has 2 nitrogen and oxygen atoms in total. The zero-order chi connectivity index (χ0) is 12.3. The summed E-state index contributed by atoms with van der Waals surface area (Å²) in [6.07, 6.45) is 4.02. The van der Waals surface area contributed by atoms with E-state index in [4.69, 9.17) is 0 Å². The maximum absolute atomic E-state index is 11.8. The molecule has 0 bridgehead atoms. The number of sulfone groups is 1. The Balaban J connectivity index is 2.14. The van der Waals surface area contributed by atoms with Gasteiger partial charge < -0.3 is 0 Å². The first-order valence-corrected chi connectivity index (χ1v) is 7.91. The van der Waals surface area contributed by atoms with Gasteiger partial charge in [-0.15, -0.1) is 6.58 Å². The number of rotatable bonds is 4. The van der Waals surface area contributed by atoms with Gasteiger partial charge in [0.2, 0.25) is 0 Å². The lowest BCUT2D eigenvalue weighted by molar-refractivity contribution is 0.594. The van der Waals surface area contributed by atoms with Gasteiger partial charge in [-0.3, -0.25) is 0 Å².